The quantitative estimate of drug-likeness (QED) is 0.880. The van der Waals surface area contributed by atoms with Gasteiger partial charge in [-0.3, -0.25) is 0 Å². The summed E-state index contributed by atoms with van der Waals surface area (Å²) < 4.78 is 0. The van der Waals surface area contributed by atoms with Crippen LogP contribution in [0.1, 0.15) is 43.4 Å². The summed E-state index contributed by atoms with van der Waals surface area (Å²) in [6, 6.07) is 2.12. The van der Waals surface area contributed by atoms with Gasteiger partial charge >= 0.3 is 0 Å². The van der Waals surface area contributed by atoms with E-state index in [0.717, 1.165) is 31.0 Å². The summed E-state index contributed by atoms with van der Waals surface area (Å²) in [4.78, 5) is 11.6. The summed E-state index contributed by atoms with van der Waals surface area (Å²) in [6.07, 6.45) is 1.92. The Hall–Kier alpha value is -1.00. The van der Waals surface area contributed by atoms with Crippen molar-refractivity contribution in [3.8, 4) is 0 Å². The lowest BCUT2D eigenvalue weighted by Gasteiger charge is -2.18. The van der Waals surface area contributed by atoms with Crippen molar-refractivity contribution in [1.82, 2.24) is 14.9 Å². The van der Waals surface area contributed by atoms with Gasteiger partial charge < -0.3 is 10.6 Å². The van der Waals surface area contributed by atoms with E-state index >= 15 is 0 Å². The molecule has 18 heavy (non-hydrogen) atoms. The van der Waals surface area contributed by atoms with Crippen LogP contribution in [0.4, 0.5) is 0 Å². The second kappa shape index (κ2) is 4.94. The van der Waals surface area contributed by atoms with Crippen molar-refractivity contribution in [2.24, 2.45) is 5.73 Å². The summed E-state index contributed by atoms with van der Waals surface area (Å²) in [5.41, 5.74) is 8.04. The third-order valence-corrected chi connectivity index (χ3v) is 3.34. The van der Waals surface area contributed by atoms with Gasteiger partial charge in [-0.2, -0.15) is 0 Å². The van der Waals surface area contributed by atoms with Gasteiger partial charge in [-0.25, -0.2) is 9.97 Å². The number of likely N-dealkylation sites (tertiary alicyclic amines) is 1. The van der Waals surface area contributed by atoms with Crippen molar-refractivity contribution in [1.29, 1.82) is 0 Å². The Morgan fingerprint density at radius 2 is 2.17 bits per heavy atom. The smallest absolute Gasteiger partial charge is 0.130 e. The molecule has 1 atom stereocenters. The van der Waals surface area contributed by atoms with Crippen molar-refractivity contribution in [3.05, 3.63) is 23.3 Å². The highest BCUT2D eigenvalue weighted by atomic mass is 15.1. The van der Waals surface area contributed by atoms with E-state index in [1.807, 2.05) is 20.8 Å². The van der Waals surface area contributed by atoms with Crippen LogP contribution in [0.2, 0.25) is 0 Å². The fourth-order valence-corrected chi connectivity index (χ4v) is 2.53. The molecule has 0 saturated carbocycles. The molecule has 1 aliphatic heterocycles. The minimum atomic E-state index is -0.252. The van der Waals surface area contributed by atoms with Gasteiger partial charge in [0.05, 0.1) is 0 Å². The first-order chi connectivity index (χ1) is 8.33. The number of hydrogen-bond donors (Lipinski definition) is 1. The molecular formula is C14H24N4. The molecule has 1 fully saturated rings. The summed E-state index contributed by atoms with van der Waals surface area (Å²) in [7, 11) is 2.16. The number of rotatable bonds is 3. The summed E-state index contributed by atoms with van der Waals surface area (Å²) >= 11 is 0. The number of aryl methyl sites for hydroxylation is 1. The summed E-state index contributed by atoms with van der Waals surface area (Å²) in [5.74, 6) is 1.43. The van der Waals surface area contributed by atoms with Gasteiger partial charge in [0.15, 0.2) is 0 Å². The Balaban J connectivity index is 2.21. The highest BCUT2D eigenvalue weighted by Gasteiger charge is 2.23. The van der Waals surface area contributed by atoms with Crippen molar-refractivity contribution in [2.75, 3.05) is 20.1 Å². The highest BCUT2D eigenvalue weighted by molar-refractivity contribution is 5.17. The van der Waals surface area contributed by atoms with Crippen LogP contribution in [0.3, 0.4) is 0 Å². The van der Waals surface area contributed by atoms with Gasteiger partial charge in [-0.15, -0.1) is 0 Å². The molecule has 2 N–H and O–H groups in total. The lowest BCUT2D eigenvalue weighted by Crippen LogP contribution is -2.35. The Morgan fingerprint density at radius 1 is 1.44 bits per heavy atom. The first kappa shape index (κ1) is 13.4. The van der Waals surface area contributed by atoms with Gasteiger partial charge in [-0.1, -0.05) is 0 Å². The predicted octanol–water partition coefficient (Wildman–Crippen LogP) is 1.48. The normalized spacial score (nSPS) is 21.5. The molecule has 0 radical (unpaired) electrons. The van der Waals surface area contributed by atoms with E-state index in [0.29, 0.717) is 5.92 Å². The Labute approximate surface area is 110 Å². The lowest BCUT2D eigenvalue weighted by atomic mass is 10.0. The molecule has 0 aliphatic carbocycles. The van der Waals surface area contributed by atoms with Crippen molar-refractivity contribution in [2.45, 2.75) is 45.1 Å². The van der Waals surface area contributed by atoms with E-state index in [2.05, 4.69) is 23.0 Å². The molecule has 1 aromatic rings. The number of nitrogens with two attached hydrogens (primary N) is 1. The Kier molecular flexibility index (Phi) is 3.69. The SMILES string of the molecule is Cc1cc(C2CCN(C)C2)nc(CC(C)(C)N)n1. The molecular weight excluding hydrogens is 224 g/mol. The fourth-order valence-electron chi connectivity index (χ4n) is 2.53. The molecule has 100 valence electrons. The predicted molar refractivity (Wildman–Crippen MR) is 73.6 cm³/mol. The number of likely N-dealkylation sites (N-methyl/N-ethyl adjacent to an activating group) is 1. The second-order valence-electron chi connectivity index (χ2n) is 6.26. The van der Waals surface area contributed by atoms with Crippen LogP contribution >= 0.6 is 0 Å². The molecule has 0 bridgehead atoms. The average Bonchev–Trinajstić information content (AvgIpc) is 2.61. The highest BCUT2D eigenvalue weighted by Crippen LogP contribution is 2.25. The van der Waals surface area contributed by atoms with Crippen LogP contribution < -0.4 is 5.73 Å². The van der Waals surface area contributed by atoms with Crippen LogP contribution in [-0.4, -0.2) is 40.5 Å². The largest absolute Gasteiger partial charge is 0.325 e. The van der Waals surface area contributed by atoms with Gasteiger partial charge in [0, 0.05) is 35.8 Å². The zero-order valence-electron chi connectivity index (χ0n) is 11.9. The number of nitrogens with zero attached hydrogens (tertiary/aromatic N) is 3. The van der Waals surface area contributed by atoms with Gasteiger partial charge in [0.1, 0.15) is 5.82 Å². The minimum Gasteiger partial charge on any atom is -0.325 e. The van der Waals surface area contributed by atoms with Crippen molar-refractivity contribution < 1.29 is 0 Å². The first-order valence-corrected chi connectivity index (χ1v) is 6.65. The van der Waals surface area contributed by atoms with E-state index in [1.54, 1.807) is 0 Å². The van der Waals surface area contributed by atoms with E-state index in [4.69, 9.17) is 10.7 Å². The zero-order chi connectivity index (χ0) is 13.3. The zero-order valence-corrected chi connectivity index (χ0v) is 11.9. The molecule has 1 saturated heterocycles. The van der Waals surface area contributed by atoms with Crippen molar-refractivity contribution >= 4 is 0 Å². The number of aromatic nitrogens is 2. The molecule has 1 unspecified atom stereocenters. The maximum Gasteiger partial charge on any atom is 0.130 e. The van der Waals surface area contributed by atoms with Gasteiger partial charge in [0.2, 0.25) is 0 Å². The van der Waals surface area contributed by atoms with Crippen LogP contribution in [0.5, 0.6) is 0 Å². The monoisotopic (exact) mass is 248 g/mol. The molecule has 1 aromatic heterocycles. The molecule has 0 aromatic carbocycles. The fraction of sp³-hybridized carbons (Fsp3) is 0.714. The maximum absolute atomic E-state index is 6.05. The second-order valence-corrected chi connectivity index (χ2v) is 6.26. The number of hydrogen-bond acceptors (Lipinski definition) is 4. The summed E-state index contributed by atoms with van der Waals surface area (Å²) in [5, 5.41) is 0. The van der Waals surface area contributed by atoms with Crippen LogP contribution in [0.15, 0.2) is 6.07 Å². The molecule has 4 nitrogen and oxygen atoms in total. The molecule has 2 rings (SSSR count). The molecule has 0 amide bonds. The topological polar surface area (TPSA) is 55.0 Å². The van der Waals surface area contributed by atoms with Crippen molar-refractivity contribution in [3.63, 3.8) is 0 Å². The lowest BCUT2D eigenvalue weighted by molar-refractivity contribution is 0.410. The van der Waals surface area contributed by atoms with Crippen LogP contribution in [0, 0.1) is 6.92 Å². The first-order valence-electron chi connectivity index (χ1n) is 6.65. The maximum atomic E-state index is 6.05. The molecule has 2 heterocycles. The average molecular weight is 248 g/mol. The van der Waals surface area contributed by atoms with Crippen LogP contribution in [0.25, 0.3) is 0 Å². The minimum absolute atomic E-state index is 0.252. The summed E-state index contributed by atoms with van der Waals surface area (Å²) in [6.45, 7) is 8.33. The van der Waals surface area contributed by atoms with Crippen LogP contribution in [-0.2, 0) is 6.42 Å². The standard InChI is InChI=1S/C14H24N4/c1-10-7-12(11-5-6-18(4)9-11)17-13(16-10)8-14(2,3)15/h7,11H,5-6,8-9,15H2,1-4H3. The Bertz CT molecular complexity index is 422. The third-order valence-electron chi connectivity index (χ3n) is 3.34. The molecule has 4 heteroatoms. The molecule has 0 spiro atoms. The molecule has 1 aliphatic rings. The van der Waals surface area contributed by atoms with Gasteiger partial charge in [-0.05, 0) is 46.9 Å². The van der Waals surface area contributed by atoms with E-state index in [9.17, 15) is 0 Å². The Morgan fingerprint density at radius 3 is 2.72 bits per heavy atom. The van der Waals surface area contributed by atoms with E-state index in [1.165, 1.54) is 12.1 Å². The van der Waals surface area contributed by atoms with E-state index < -0.39 is 0 Å². The van der Waals surface area contributed by atoms with E-state index in [-0.39, 0.29) is 5.54 Å². The van der Waals surface area contributed by atoms with Gasteiger partial charge in [0.25, 0.3) is 0 Å². The third kappa shape index (κ3) is 3.50.